The highest BCUT2D eigenvalue weighted by molar-refractivity contribution is 6.04. The first kappa shape index (κ1) is 20.4. The Kier molecular flexibility index (Phi) is 6.49. The largest absolute Gasteiger partial charge is 0.465 e. The predicted octanol–water partition coefficient (Wildman–Crippen LogP) is 2.46. The predicted molar refractivity (Wildman–Crippen MR) is 111 cm³/mol. The zero-order valence-corrected chi connectivity index (χ0v) is 16.7. The maximum absolute atomic E-state index is 12.5. The summed E-state index contributed by atoms with van der Waals surface area (Å²) >= 11 is 0. The van der Waals surface area contributed by atoms with Crippen LogP contribution in [0.3, 0.4) is 0 Å². The molecule has 0 unspecified atom stereocenters. The van der Waals surface area contributed by atoms with E-state index in [0.717, 1.165) is 18.8 Å². The topological polar surface area (TPSA) is 78.9 Å². The first-order valence-electron chi connectivity index (χ1n) is 9.54. The number of ether oxygens (including phenoxy) is 1. The quantitative estimate of drug-likeness (QED) is 0.622. The molecule has 7 heteroatoms. The van der Waals surface area contributed by atoms with Gasteiger partial charge in [-0.3, -0.25) is 9.59 Å². The molecule has 0 saturated carbocycles. The van der Waals surface area contributed by atoms with Crippen molar-refractivity contribution in [2.24, 2.45) is 0 Å². The van der Waals surface area contributed by atoms with Gasteiger partial charge < -0.3 is 19.9 Å². The first-order valence-corrected chi connectivity index (χ1v) is 9.54. The van der Waals surface area contributed by atoms with Crippen molar-refractivity contribution in [1.82, 2.24) is 4.90 Å². The summed E-state index contributed by atoms with van der Waals surface area (Å²) < 4.78 is 4.67. The Morgan fingerprint density at radius 1 is 1.00 bits per heavy atom. The number of carbonyl (C=O) groups is 3. The number of rotatable bonds is 5. The van der Waals surface area contributed by atoms with E-state index in [-0.39, 0.29) is 12.3 Å². The summed E-state index contributed by atoms with van der Waals surface area (Å²) in [6.45, 7) is 4.69. The fourth-order valence-corrected chi connectivity index (χ4v) is 3.33. The number of amides is 2. The van der Waals surface area contributed by atoms with E-state index in [1.807, 2.05) is 6.07 Å². The van der Waals surface area contributed by atoms with Crippen LogP contribution in [-0.4, -0.2) is 56.0 Å². The number of benzene rings is 2. The third-order valence-corrected chi connectivity index (χ3v) is 4.88. The van der Waals surface area contributed by atoms with E-state index in [1.165, 1.54) is 18.7 Å². The van der Waals surface area contributed by atoms with E-state index in [4.69, 9.17) is 0 Å². The number of carbonyl (C=O) groups excluding carboxylic acids is 3. The van der Waals surface area contributed by atoms with Crippen molar-refractivity contribution < 1.29 is 19.1 Å². The van der Waals surface area contributed by atoms with E-state index in [0.29, 0.717) is 24.3 Å². The highest BCUT2D eigenvalue weighted by Gasteiger charge is 2.23. The molecule has 152 valence electrons. The van der Waals surface area contributed by atoms with Crippen molar-refractivity contribution >= 4 is 29.2 Å². The SMILES string of the molecule is COC(=O)c1cccc(NC(=O)CC(=O)N2CCN(c3cccc(C)c3)CC2)c1. The second-order valence-electron chi connectivity index (χ2n) is 7.00. The van der Waals surface area contributed by atoms with Gasteiger partial charge in [0, 0.05) is 37.6 Å². The number of hydrogen-bond donors (Lipinski definition) is 1. The van der Waals surface area contributed by atoms with Crippen LogP contribution in [0, 0.1) is 6.92 Å². The molecule has 0 aromatic heterocycles. The highest BCUT2D eigenvalue weighted by Crippen LogP contribution is 2.18. The lowest BCUT2D eigenvalue weighted by atomic mass is 10.2. The van der Waals surface area contributed by atoms with Crippen LogP contribution in [0.1, 0.15) is 22.3 Å². The molecule has 1 fully saturated rings. The van der Waals surface area contributed by atoms with Gasteiger partial charge in [0.25, 0.3) is 0 Å². The molecule has 3 rings (SSSR count). The Morgan fingerprint density at radius 2 is 1.72 bits per heavy atom. The molecule has 1 aliphatic heterocycles. The molecule has 1 aliphatic rings. The summed E-state index contributed by atoms with van der Waals surface area (Å²) in [5, 5.41) is 2.67. The third-order valence-electron chi connectivity index (χ3n) is 4.88. The van der Waals surface area contributed by atoms with Gasteiger partial charge in [0.05, 0.1) is 12.7 Å². The number of methoxy groups -OCH3 is 1. The zero-order valence-electron chi connectivity index (χ0n) is 16.7. The normalized spacial score (nSPS) is 13.7. The molecular weight excluding hydrogens is 370 g/mol. The summed E-state index contributed by atoms with van der Waals surface area (Å²) in [6, 6.07) is 14.7. The van der Waals surface area contributed by atoms with Crippen molar-refractivity contribution in [1.29, 1.82) is 0 Å². The van der Waals surface area contributed by atoms with Crippen LogP contribution in [0.4, 0.5) is 11.4 Å². The maximum Gasteiger partial charge on any atom is 0.337 e. The van der Waals surface area contributed by atoms with Crippen LogP contribution in [0.5, 0.6) is 0 Å². The molecule has 2 aromatic carbocycles. The summed E-state index contributed by atoms with van der Waals surface area (Å²) in [5.41, 5.74) is 3.15. The summed E-state index contributed by atoms with van der Waals surface area (Å²) in [5.74, 6) is -1.09. The average molecular weight is 395 g/mol. The van der Waals surface area contributed by atoms with Crippen molar-refractivity contribution in [3.63, 3.8) is 0 Å². The molecule has 0 bridgehead atoms. The van der Waals surface area contributed by atoms with Crippen LogP contribution in [0.25, 0.3) is 0 Å². The van der Waals surface area contributed by atoms with Crippen LogP contribution in [0.15, 0.2) is 48.5 Å². The van der Waals surface area contributed by atoms with Crippen molar-refractivity contribution in [3.05, 3.63) is 59.7 Å². The third kappa shape index (κ3) is 5.34. The fraction of sp³-hybridized carbons (Fsp3) is 0.318. The van der Waals surface area contributed by atoms with Gasteiger partial charge >= 0.3 is 5.97 Å². The van der Waals surface area contributed by atoms with Crippen LogP contribution < -0.4 is 10.2 Å². The van der Waals surface area contributed by atoms with E-state index in [9.17, 15) is 14.4 Å². The molecule has 7 nitrogen and oxygen atoms in total. The van der Waals surface area contributed by atoms with Crippen molar-refractivity contribution in [2.45, 2.75) is 13.3 Å². The van der Waals surface area contributed by atoms with Gasteiger partial charge in [0.2, 0.25) is 11.8 Å². The number of nitrogens with zero attached hydrogens (tertiary/aromatic N) is 2. The molecular formula is C22H25N3O4. The fourth-order valence-electron chi connectivity index (χ4n) is 3.33. The standard InChI is InChI=1S/C22H25N3O4/c1-16-5-3-8-19(13-16)24-9-11-25(12-10-24)21(27)15-20(26)23-18-7-4-6-17(14-18)22(28)29-2/h3-8,13-14H,9-12,15H2,1-2H3,(H,23,26). The molecule has 0 aliphatic carbocycles. The second-order valence-corrected chi connectivity index (χ2v) is 7.00. The Bertz CT molecular complexity index is 904. The Morgan fingerprint density at radius 3 is 2.41 bits per heavy atom. The lowest BCUT2D eigenvalue weighted by Crippen LogP contribution is -2.49. The zero-order chi connectivity index (χ0) is 20.8. The molecule has 2 aromatic rings. The van der Waals surface area contributed by atoms with Crippen molar-refractivity contribution in [2.75, 3.05) is 43.5 Å². The molecule has 0 radical (unpaired) electrons. The summed E-state index contributed by atoms with van der Waals surface area (Å²) in [4.78, 5) is 40.3. The number of esters is 1. The average Bonchev–Trinajstić information content (AvgIpc) is 2.73. The van der Waals surface area contributed by atoms with Crippen molar-refractivity contribution in [3.8, 4) is 0 Å². The molecule has 0 spiro atoms. The Hall–Kier alpha value is -3.35. The lowest BCUT2D eigenvalue weighted by Gasteiger charge is -2.36. The van der Waals surface area contributed by atoms with Gasteiger partial charge in [-0.25, -0.2) is 4.79 Å². The molecule has 2 amide bonds. The molecule has 29 heavy (non-hydrogen) atoms. The second kappa shape index (κ2) is 9.23. The van der Waals surface area contributed by atoms with Gasteiger partial charge in [-0.15, -0.1) is 0 Å². The van der Waals surface area contributed by atoms with Gasteiger partial charge in [-0.2, -0.15) is 0 Å². The Balaban J connectivity index is 1.51. The van der Waals surface area contributed by atoms with Crippen LogP contribution in [-0.2, 0) is 14.3 Å². The van der Waals surface area contributed by atoms with E-state index in [2.05, 4.69) is 40.1 Å². The van der Waals surface area contributed by atoms with Gasteiger partial charge in [-0.1, -0.05) is 18.2 Å². The minimum atomic E-state index is -0.483. The number of aryl methyl sites for hydroxylation is 1. The van der Waals surface area contributed by atoms with E-state index in [1.54, 1.807) is 23.1 Å². The van der Waals surface area contributed by atoms with E-state index >= 15 is 0 Å². The van der Waals surface area contributed by atoms with Gasteiger partial charge in [-0.05, 0) is 42.8 Å². The Labute approximate surface area is 170 Å². The number of piperazine rings is 1. The minimum Gasteiger partial charge on any atom is -0.465 e. The first-order chi connectivity index (χ1) is 14.0. The molecule has 1 heterocycles. The number of hydrogen-bond acceptors (Lipinski definition) is 5. The highest BCUT2D eigenvalue weighted by atomic mass is 16.5. The number of anilines is 2. The van der Waals surface area contributed by atoms with Crippen LogP contribution >= 0.6 is 0 Å². The number of nitrogens with one attached hydrogen (secondary N) is 1. The molecule has 1 N–H and O–H groups in total. The molecule has 0 atom stereocenters. The molecule has 1 saturated heterocycles. The van der Waals surface area contributed by atoms with E-state index < -0.39 is 11.9 Å². The minimum absolute atomic E-state index is 0.199. The van der Waals surface area contributed by atoms with Crippen LogP contribution in [0.2, 0.25) is 0 Å². The van der Waals surface area contributed by atoms with Gasteiger partial charge in [0.1, 0.15) is 6.42 Å². The van der Waals surface area contributed by atoms with Gasteiger partial charge in [0.15, 0.2) is 0 Å². The lowest BCUT2D eigenvalue weighted by molar-refractivity contribution is -0.134. The maximum atomic E-state index is 12.5. The summed E-state index contributed by atoms with van der Waals surface area (Å²) in [6.07, 6.45) is -0.229. The smallest absolute Gasteiger partial charge is 0.337 e. The summed E-state index contributed by atoms with van der Waals surface area (Å²) in [7, 11) is 1.30. The monoisotopic (exact) mass is 395 g/mol.